The van der Waals surface area contributed by atoms with Gasteiger partial charge in [-0.2, -0.15) is 0 Å². The molecule has 0 bridgehead atoms. The van der Waals surface area contributed by atoms with Crippen molar-refractivity contribution in [3.05, 3.63) is 53.1 Å². The summed E-state index contributed by atoms with van der Waals surface area (Å²) in [6.45, 7) is 5.87. The highest BCUT2D eigenvalue weighted by Gasteiger charge is 2.31. The summed E-state index contributed by atoms with van der Waals surface area (Å²) >= 11 is 0. The molecule has 1 aliphatic rings. The van der Waals surface area contributed by atoms with Crippen LogP contribution in [0.5, 0.6) is 17.2 Å². The molecule has 2 unspecified atom stereocenters. The van der Waals surface area contributed by atoms with Gasteiger partial charge >= 0.3 is 0 Å². The Morgan fingerprint density at radius 2 is 1.76 bits per heavy atom. The lowest BCUT2D eigenvalue weighted by Crippen LogP contribution is -2.46. The summed E-state index contributed by atoms with van der Waals surface area (Å²) in [5, 5.41) is 3.10. The van der Waals surface area contributed by atoms with Gasteiger partial charge in [0.2, 0.25) is 5.75 Å². The molecule has 1 aliphatic heterocycles. The molecule has 2 atom stereocenters. The Labute approximate surface area is 172 Å². The van der Waals surface area contributed by atoms with Gasteiger partial charge in [0, 0.05) is 18.2 Å². The van der Waals surface area contributed by atoms with Crippen molar-refractivity contribution >= 4 is 5.91 Å². The molecule has 6 nitrogen and oxygen atoms in total. The molecule has 2 aromatic carbocycles. The molecule has 0 saturated heterocycles. The van der Waals surface area contributed by atoms with Crippen LogP contribution in [0.3, 0.4) is 0 Å². The molecule has 1 N–H and O–H groups in total. The van der Waals surface area contributed by atoms with E-state index in [1.165, 1.54) is 11.1 Å². The molecule has 0 aliphatic carbocycles. The van der Waals surface area contributed by atoms with Gasteiger partial charge in [0.1, 0.15) is 0 Å². The van der Waals surface area contributed by atoms with E-state index < -0.39 is 0 Å². The van der Waals surface area contributed by atoms with Gasteiger partial charge in [0.15, 0.2) is 11.5 Å². The predicted molar refractivity (Wildman–Crippen MR) is 113 cm³/mol. The Balaban J connectivity index is 1.83. The summed E-state index contributed by atoms with van der Waals surface area (Å²) in [6, 6.07) is 12.4. The molecule has 0 aromatic heterocycles. The van der Waals surface area contributed by atoms with Gasteiger partial charge in [0.25, 0.3) is 5.91 Å². The number of fused-ring (bicyclic) bond motifs is 1. The largest absolute Gasteiger partial charge is 0.493 e. The third kappa shape index (κ3) is 4.17. The number of methoxy groups -OCH3 is 3. The number of hydrogen-bond acceptors (Lipinski definition) is 5. The topological polar surface area (TPSA) is 60.0 Å². The van der Waals surface area contributed by atoms with Crippen LogP contribution in [0.4, 0.5) is 0 Å². The summed E-state index contributed by atoms with van der Waals surface area (Å²) in [6.07, 6.45) is 1.03. The highest BCUT2D eigenvalue weighted by atomic mass is 16.5. The van der Waals surface area contributed by atoms with Gasteiger partial charge in [-0.3, -0.25) is 9.69 Å². The minimum absolute atomic E-state index is 0.144. The first-order valence-corrected chi connectivity index (χ1v) is 9.95. The van der Waals surface area contributed by atoms with Crippen LogP contribution in [0.2, 0.25) is 0 Å². The van der Waals surface area contributed by atoms with Crippen LogP contribution in [0.1, 0.15) is 41.4 Å². The molecular formula is C23H30N2O4. The van der Waals surface area contributed by atoms with Crippen molar-refractivity contribution in [2.45, 2.75) is 32.4 Å². The van der Waals surface area contributed by atoms with E-state index >= 15 is 0 Å². The monoisotopic (exact) mass is 398 g/mol. The molecule has 1 amide bonds. The first kappa shape index (κ1) is 21.0. The molecule has 0 saturated carbocycles. The Kier molecular flexibility index (Phi) is 6.64. The zero-order chi connectivity index (χ0) is 21.0. The number of nitrogens with one attached hydrogen (secondary N) is 1. The maximum absolute atomic E-state index is 12.9. The lowest BCUT2D eigenvalue weighted by Gasteiger charge is -2.41. The summed E-state index contributed by atoms with van der Waals surface area (Å²) in [5.41, 5.74) is 3.12. The van der Waals surface area contributed by atoms with Crippen molar-refractivity contribution < 1.29 is 19.0 Å². The summed E-state index contributed by atoms with van der Waals surface area (Å²) < 4.78 is 16.1. The number of likely N-dealkylation sites (N-methyl/N-ethyl adjacent to an activating group) is 1. The number of ether oxygens (including phenoxy) is 3. The first-order chi connectivity index (χ1) is 14.0. The SMILES string of the molecule is CCN1C(C)Cc2ccccc2C1CNC(=O)c1cc(OC)c(OC)c(OC)c1. The van der Waals surface area contributed by atoms with Crippen molar-refractivity contribution in [3.63, 3.8) is 0 Å². The summed E-state index contributed by atoms with van der Waals surface area (Å²) in [7, 11) is 4.62. The lowest BCUT2D eigenvalue weighted by molar-refractivity contribution is 0.0904. The second kappa shape index (κ2) is 9.18. The maximum atomic E-state index is 12.9. The van der Waals surface area contributed by atoms with E-state index in [4.69, 9.17) is 14.2 Å². The van der Waals surface area contributed by atoms with Gasteiger partial charge < -0.3 is 19.5 Å². The number of carbonyl (C=O) groups excluding carboxylic acids is 1. The van der Waals surface area contributed by atoms with Crippen molar-refractivity contribution in [2.75, 3.05) is 34.4 Å². The van der Waals surface area contributed by atoms with Crippen LogP contribution >= 0.6 is 0 Å². The number of benzene rings is 2. The van der Waals surface area contributed by atoms with Gasteiger partial charge in [0.05, 0.1) is 27.4 Å². The number of amides is 1. The van der Waals surface area contributed by atoms with E-state index in [2.05, 4.69) is 48.3 Å². The average Bonchev–Trinajstić information content (AvgIpc) is 2.75. The van der Waals surface area contributed by atoms with Crippen LogP contribution in [0.15, 0.2) is 36.4 Å². The van der Waals surface area contributed by atoms with Gasteiger partial charge in [-0.15, -0.1) is 0 Å². The molecule has 3 rings (SSSR count). The highest BCUT2D eigenvalue weighted by Crippen LogP contribution is 2.38. The Bertz CT molecular complexity index is 843. The highest BCUT2D eigenvalue weighted by molar-refractivity contribution is 5.95. The number of hydrogen-bond donors (Lipinski definition) is 1. The molecule has 2 aromatic rings. The molecule has 0 spiro atoms. The van der Waals surface area contributed by atoms with E-state index in [0.717, 1.165) is 13.0 Å². The van der Waals surface area contributed by atoms with E-state index in [1.807, 2.05) is 0 Å². The molecule has 29 heavy (non-hydrogen) atoms. The fourth-order valence-corrected chi connectivity index (χ4v) is 4.23. The number of rotatable bonds is 7. The fraction of sp³-hybridized carbons (Fsp3) is 0.435. The minimum atomic E-state index is -0.170. The summed E-state index contributed by atoms with van der Waals surface area (Å²) in [4.78, 5) is 15.4. The molecule has 0 radical (unpaired) electrons. The first-order valence-electron chi connectivity index (χ1n) is 9.95. The van der Waals surface area contributed by atoms with Crippen LogP contribution in [-0.2, 0) is 6.42 Å². The van der Waals surface area contributed by atoms with Crippen molar-refractivity contribution in [1.82, 2.24) is 10.2 Å². The Morgan fingerprint density at radius 3 is 2.34 bits per heavy atom. The lowest BCUT2D eigenvalue weighted by atomic mass is 9.88. The predicted octanol–water partition coefficient (Wildman–Crippen LogP) is 3.45. The van der Waals surface area contributed by atoms with Crippen molar-refractivity contribution in [1.29, 1.82) is 0 Å². The molecule has 1 heterocycles. The van der Waals surface area contributed by atoms with Crippen LogP contribution in [-0.4, -0.2) is 51.3 Å². The second-order valence-corrected chi connectivity index (χ2v) is 7.22. The van der Waals surface area contributed by atoms with Crippen molar-refractivity contribution in [3.8, 4) is 17.2 Å². The second-order valence-electron chi connectivity index (χ2n) is 7.22. The zero-order valence-corrected chi connectivity index (χ0v) is 17.8. The molecular weight excluding hydrogens is 368 g/mol. The zero-order valence-electron chi connectivity index (χ0n) is 17.8. The number of nitrogens with zero attached hydrogens (tertiary/aromatic N) is 1. The van der Waals surface area contributed by atoms with Crippen LogP contribution in [0.25, 0.3) is 0 Å². The minimum Gasteiger partial charge on any atom is -0.493 e. The van der Waals surface area contributed by atoms with Crippen molar-refractivity contribution in [2.24, 2.45) is 0 Å². The standard InChI is InChI=1S/C23H30N2O4/c1-6-25-15(2)11-16-9-7-8-10-18(16)19(25)14-24-23(26)17-12-20(27-3)22(29-5)21(13-17)28-4/h7-10,12-13,15,19H,6,11,14H2,1-5H3,(H,24,26). The molecule has 0 fully saturated rings. The normalized spacial score (nSPS) is 18.7. The van der Waals surface area contributed by atoms with Gasteiger partial charge in [-0.25, -0.2) is 0 Å². The maximum Gasteiger partial charge on any atom is 0.251 e. The van der Waals surface area contributed by atoms with E-state index in [9.17, 15) is 4.79 Å². The van der Waals surface area contributed by atoms with E-state index in [0.29, 0.717) is 35.4 Å². The Morgan fingerprint density at radius 1 is 1.10 bits per heavy atom. The summed E-state index contributed by atoms with van der Waals surface area (Å²) in [5.74, 6) is 1.22. The van der Waals surface area contributed by atoms with Gasteiger partial charge in [-0.05, 0) is 43.1 Å². The van der Waals surface area contributed by atoms with Crippen LogP contribution < -0.4 is 19.5 Å². The third-order valence-electron chi connectivity index (χ3n) is 5.64. The number of carbonyl (C=O) groups is 1. The molecule has 156 valence electrons. The third-order valence-corrected chi connectivity index (χ3v) is 5.64. The molecule has 6 heteroatoms. The smallest absolute Gasteiger partial charge is 0.251 e. The van der Waals surface area contributed by atoms with Crippen LogP contribution in [0, 0.1) is 0 Å². The average molecular weight is 399 g/mol. The quantitative estimate of drug-likeness (QED) is 0.774. The van der Waals surface area contributed by atoms with Gasteiger partial charge in [-0.1, -0.05) is 31.2 Å². The van der Waals surface area contributed by atoms with E-state index in [1.54, 1.807) is 33.5 Å². The van der Waals surface area contributed by atoms with E-state index in [-0.39, 0.29) is 11.9 Å². The Hall–Kier alpha value is -2.73. The fourth-order valence-electron chi connectivity index (χ4n) is 4.23.